The molecule has 1 N–H and O–H groups in total. The summed E-state index contributed by atoms with van der Waals surface area (Å²) in [6.45, 7) is 5.21. The van der Waals surface area contributed by atoms with Crippen molar-refractivity contribution in [3.63, 3.8) is 0 Å². The van der Waals surface area contributed by atoms with Gasteiger partial charge in [-0.25, -0.2) is 4.98 Å². The first kappa shape index (κ1) is 12.4. The topological polar surface area (TPSA) is 49.0 Å². The summed E-state index contributed by atoms with van der Waals surface area (Å²) in [5.74, 6) is 1.51. The maximum atomic E-state index is 12.0. The van der Waals surface area contributed by atoms with Gasteiger partial charge in [0.25, 0.3) is 5.56 Å². The van der Waals surface area contributed by atoms with E-state index in [4.69, 9.17) is 0 Å². The Hall–Kier alpha value is -1.68. The fourth-order valence-electron chi connectivity index (χ4n) is 2.85. The van der Waals surface area contributed by atoms with Crippen LogP contribution in [0.25, 0.3) is 10.9 Å². The number of para-hydroxylation sites is 1. The first-order chi connectivity index (χ1) is 9.22. The van der Waals surface area contributed by atoms with E-state index in [1.54, 1.807) is 0 Å². The molecule has 1 fully saturated rings. The Morgan fingerprint density at radius 2 is 2.26 bits per heavy atom. The second kappa shape index (κ2) is 5.13. The van der Waals surface area contributed by atoms with Crippen molar-refractivity contribution >= 4 is 10.9 Å². The molecule has 1 atom stereocenters. The highest BCUT2D eigenvalue weighted by Gasteiger charge is 2.17. The van der Waals surface area contributed by atoms with Gasteiger partial charge in [0, 0.05) is 6.54 Å². The van der Waals surface area contributed by atoms with Crippen molar-refractivity contribution in [3.8, 4) is 0 Å². The van der Waals surface area contributed by atoms with Crippen molar-refractivity contribution in [2.24, 2.45) is 5.92 Å². The Labute approximate surface area is 112 Å². The number of likely N-dealkylation sites (tertiary alicyclic amines) is 1. The minimum absolute atomic E-state index is 0.0364. The normalized spacial score (nSPS) is 20.8. The molecule has 0 bridgehead atoms. The average molecular weight is 257 g/mol. The molecule has 3 rings (SSSR count). The highest BCUT2D eigenvalue weighted by Crippen LogP contribution is 2.17. The molecule has 1 saturated heterocycles. The molecule has 4 heteroatoms. The van der Waals surface area contributed by atoms with Gasteiger partial charge in [0.05, 0.1) is 17.4 Å². The van der Waals surface area contributed by atoms with Crippen LogP contribution in [0.3, 0.4) is 0 Å². The molecule has 1 aliphatic rings. The first-order valence-corrected chi connectivity index (χ1v) is 6.92. The number of aromatic amines is 1. The van der Waals surface area contributed by atoms with Gasteiger partial charge in [0.15, 0.2) is 0 Å². The van der Waals surface area contributed by atoms with Gasteiger partial charge in [0.1, 0.15) is 5.82 Å². The number of piperidine rings is 1. The molecule has 2 aromatic rings. The standard InChI is InChI=1S/C15H19N3O/c1-11-5-4-8-18(9-11)10-14-16-13-7-3-2-6-12(13)15(19)17-14/h2-3,6-7,11H,4-5,8-10H2,1H3,(H,16,17,19)/t11-/m0/s1. The van der Waals surface area contributed by atoms with E-state index in [0.717, 1.165) is 36.9 Å². The van der Waals surface area contributed by atoms with Crippen molar-refractivity contribution in [2.75, 3.05) is 13.1 Å². The molecular formula is C15H19N3O. The van der Waals surface area contributed by atoms with Gasteiger partial charge in [0.2, 0.25) is 0 Å². The zero-order chi connectivity index (χ0) is 13.2. The van der Waals surface area contributed by atoms with E-state index >= 15 is 0 Å². The molecule has 2 heterocycles. The summed E-state index contributed by atoms with van der Waals surface area (Å²) >= 11 is 0. The molecule has 0 spiro atoms. The van der Waals surface area contributed by atoms with Crippen LogP contribution in [0.2, 0.25) is 0 Å². The van der Waals surface area contributed by atoms with Crippen LogP contribution in [0.5, 0.6) is 0 Å². The van der Waals surface area contributed by atoms with Crippen LogP contribution in [0.15, 0.2) is 29.1 Å². The SMILES string of the molecule is C[C@H]1CCCN(Cc2nc3ccccc3c(=O)[nH]2)C1. The summed E-state index contributed by atoms with van der Waals surface area (Å²) in [5, 5.41) is 0.665. The minimum atomic E-state index is -0.0364. The molecule has 0 unspecified atom stereocenters. The Bertz CT molecular complexity index is 635. The smallest absolute Gasteiger partial charge is 0.258 e. The number of fused-ring (bicyclic) bond motifs is 1. The lowest BCUT2D eigenvalue weighted by molar-refractivity contribution is 0.173. The van der Waals surface area contributed by atoms with Crippen molar-refractivity contribution < 1.29 is 0 Å². The van der Waals surface area contributed by atoms with Crippen LogP contribution in [-0.4, -0.2) is 28.0 Å². The molecule has 19 heavy (non-hydrogen) atoms. The van der Waals surface area contributed by atoms with Gasteiger partial charge in [-0.1, -0.05) is 19.1 Å². The molecule has 4 nitrogen and oxygen atoms in total. The Balaban J connectivity index is 1.87. The molecule has 0 saturated carbocycles. The largest absolute Gasteiger partial charge is 0.309 e. The van der Waals surface area contributed by atoms with Crippen molar-refractivity contribution in [2.45, 2.75) is 26.3 Å². The number of benzene rings is 1. The molecule has 0 aliphatic carbocycles. The predicted octanol–water partition coefficient (Wildman–Crippen LogP) is 2.16. The zero-order valence-corrected chi connectivity index (χ0v) is 11.2. The summed E-state index contributed by atoms with van der Waals surface area (Å²) in [6.07, 6.45) is 2.54. The van der Waals surface area contributed by atoms with Gasteiger partial charge < -0.3 is 4.98 Å². The number of H-pyrrole nitrogens is 1. The Morgan fingerprint density at radius 1 is 1.42 bits per heavy atom. The van der Waals surface area contributed by atoms with Crippen LogP contribution >= 0.6 is 0 Å². The van der Waals surface area contributed by atoms with E-state index in [1.807, 2.05) is 24.3 Å². The number of nitrogens with one attached hydrogen (secondary N) is 1. The van der Waals surface area contributed by atoms with E-state index in [0.29, 0.717) is 5.39 Å². The van der Waals surface area contributed by atoms with E-state index in [2.05, 4.69) is 21.8 Å². The second-order valence-electron chi connectivity index (χ2n) is 5.51. The lowest BCUT2D eigenvalue weighted by atomic mass is 10.0. The third-order valence-corrected chi connectivity index (χ3v) is 3.78. The average Bonchev–Trinajstić information content (AvgIpc) is 2.39. The summed E-state index contributed by atoms with van der Waals surface area (Å²) < 4.78 is 0. The van der Waals surface area contributed by atoms with E-state index < -0.39 is 0 Å². The lowest BCUT2D eigenvalue weighted by Gasteiger charge is -2.30. The summed E-state index contributed by atoms with van der Waals surface area (Å²) in [7, 11) is 0. The van der Waals surface area contributed by atoms with Crippen molar-refractivity contribution in [1.82, 2.24) is 14.9 Å². The highest BCUT2D eigenvalue weighted by molar-refractivity contribution is 5.77. The van der Waals surface area contributed by atoms with Crippen LogP contribution in [0.1, 0.15) is 25.6 Å². The zero-order valence-electron chi connectivity index (χ0n) is 11.2. The van der Waals surface area contributed by atoms with Crippen molar-refractivity contribution in [1.29, 1.82) is 0 Å². The fourth-order valence-corrected chi connectivity index (χ4v) is 2.85. The van der Waals surface area contributed by atoms with Gasteiger partial charge in [-0.05, 0) is 37.4 Å². The fraction of sp³-hybridized carbons (Fsp3) is 0.467. The van der Waals surface area contributed by atoms with E-state index in [9.17, 15) is 4.79 Å². The van der Waals surface area contributed by atoms with Crippen LogP contribution in [0, 0.1) is 5.92 Å². The maximum absolute atomic E-state index is 12.0. The maximum Gasteiger partial charge on any atom is 0.258 e. The summed E-state index contributed by atoms with van der Waals surface area (Å²) in [5.41, 5.74) is 0.747. The molecule has 1 aromatic carbocycles. The van der Waals surface area contributed by atoms with Crippen molar-refractivity contribution in [3.05, 3.63) is 40.4 Å². The number of hydrogen-bond donors (Lipinski definition) is 1. The second-order valence-corrected chi connectivity index (χ2v) is 5.51. The third-order valence-electron chi connectivity index (χ3n) is 3.78. The van der Waals surface area contributed by atoms with Gasteiger partial charge >= 0.3 is 0 Å². The first-order valence-electron chi connectivity index (χ1n) is 6.92. The van der Waals surface area contributed by atoms with Gasteiger partial charge in [-0.15, -0.1) is 0 Å². The van der Waals surface area contributed by atoms with Crippen LogP contribution < -0.4 is 5.56 Å². The third kappa shape index (κ3) is 2.68. The molecule has 1 aliphatic heterocycles. The van der Waals surface area contributed by atoms with Crippen LogP contribution in [0.4, 0.5) is 0 Å². The van der Waals surface area contributed by atoms with Crippen LogP contribution in [-0.2, 0) is 6.54 Å². The summed E-state index contributed by atoms with van der Waals surface area (Å²) in [6, 6.07) is 7.49. The molecular weight excluding hydrogens is 238 g/mol. The quantitative estimate of drug-likeness (QED) is 0.897. The molecule has 100 valence electrons. The molecule has 0 radical (unpaired) electrons. The number of hydrogen-bond acceptors (Lipinski definition) is 3. The van der Waals surface area contributed by atoms with Gasteiger partial charge in [-0.3, -0.25) is 9.69 Å². The predicted molar refractivity (Wildman–Crippen MR) is 76.0 cm³/mol. The number of aromatic nitrogens is 2. The highest BCUT2D eigenvalue weighted by atomic mass is 16.1. The number of nitrogens with zero attached hydrogens (tertiary/aromatic N) is 2. The molecule has 1 aromatic heterocycles. The minimum Gasteiger partial charge on any atom is -0.309 e. The Morgan fingerprint density at radius 3 is 3.11 bits per heavy atom. The Kier molecular flexibility index (Phi) is 3.34. The lowest BCUT2D eigenvalue weighted by Crippen LogP contribution is -2.34. The van der Waals surface area contributed by atoms with Gasteiger partial charge in [-0.2, -0.15) is 0 Å². The summed E-state index contributed by atoms with van der Waals surface area (Å²) in [4.78, 5) is 21.8. The molecule has 0 amide bonds. The number of rotatable bonds is 2. The van der Waals surface area contributed by atoms with E-state index in [1.165, 1.54) is 12.8 Å². The monoisotopic (exact) mass is 257 g/mol. The van der Waals surface area contributed by atoms with E-state index in [-0.39, 0.29) is 5.56 Å².